The van der Waals surface area contributed by atoms with Crippen LogP contribution in [0.2, 0.25) is 0 Å². The number of amides is 1. The van der Waals surface area contributed by atoms with Crippen molar-refractivity contribution < 1.29 is 9.59 Å². The van der Waals surface area contributed by atoms with Crippen molar-refractivity contribution in [2.24, 2.45) is 11.8 Å². The molecule has 3 rings (SSSR count). The fourth-order valence-electron chi connectivity index (χ4n) is 3.47. The van der Waals surface area contributed by atoms with Crippen molar-refractivity contribution >= 4 is 11.8 Å². The lowest BCUT2D eigenvalue weighted by atomic mass is 9.74. The highest BCUT2D eigenvalue weighted by atomic mass is 16.2. The van der Waals surface area contributed by atoms with E-state index in [0.29, 0.717) is 18.0 Å². The fraction of sp³-hybridized carbons (Fsp3) is 0.471. The van der Waals surface area contributed by atoms with Gasteiger partial charge in [-0.05, 0) is 25.2 Å². The lowest BCUT2D eigenvalue weighted by Crippen LogP contribution is -2.47. The SMILES string of the molecule is C=C[C@@]1(N2C[C@H](C3CCC3)C(=C=O)C2=O)C=CC=CC1. The van der Waals surface area contributed by atoms with Crippen molar-refractivity contribution in [1.82, 2.24) is 4.90 Å². The maximum Gasteiger partial charge on any atom is 0.262 e. The second kappa shape index (κ2) is 4.92. The molecule has 1 saturated carbocycles. The Kier molecular flexibility index (Phi) is 3.23. The van der Waals surface area contributed by atoms with Crippen LogP contribution in [-0.4, -0.2) is 28.8 Å². The minimum absolute atomic E-state index is 0.0601. The first-order valence-corrected chi connectivity index (χ1v) is 7.27. The van der Waals surface area contributed by atoms with Gasteiger partial charge in [-0.15, -0.1) is 6.58 Å². The van der Waals surface area contributed by atoms with E-state index in [-0.39, 0.29) is 11.8 Å². The number of hydrogen-bond acceptors (Lipinski definition) is 2. The van der Waals surface area contributed by atoms with Crippen molar-refractivity contribution in [3.63, 3.8) is 0 Å². The van der Waals surface area contributed by atoms with Gasteiger partial charge >= 0.3 is 0 Å². The summed E-state index contributed by atoms with van der Waals surface area (Å²) in [6.07, 6.45) is 13.9. The number of allylic oxidation sites excluding steroid dienone is 2. The average molecular weight is 269 g/mol. The van der Waals surface area contributed by atoms with Gasteiger partial charge in [0.2, 0.25) is 0 Å². The summed E-state index contributed by atoms with van der Waals surface area (Å²) in [4.78, 5) is 25.6. The summed E-state index contributed by atoms with van der Waals surface area (Å²) in [7, 11) is 0. The molecule has 0 unspecified atom stereocenters. The van der Waals surface area contributed by atoms with Crippen LogP contribution in [-0.2, 0) is 9.59 Å². The minimum Gasteiger partial charge on any atom is -0.325 e. The Morgan fingerprint density at radius 1 is 1.40 bits per heavy atom. The van der Waals surface area contributed by atoms with E-state index < -0.39 is 5.54 Å². The Morgan fingerprint density at radius 3 is 2.70 bits per heavy atom. The van der Waals surface area contributed by atoms with E-state index in [1.54, 1.807) is 0 Å². The van der Waals surface area contributed by atoms with Crippen LogP contribution in [0.1, 0.15) is 25.7 Å². The topological polar surface area (TPSA) is 37.4 Å². The predicted octanol–water partition coefficient (Wildman–Crippen LogP) is 2.44. The smallest absolute Gasteiger partial charge is 0.262 e. The quantitative estimate of drug-likeness (QED) is 0.448. The summed E-state index contributed by atoms with van der Waals surface area (Å²) in [5.41, 5.74) is -0.134. The van der Waals surface area contributed by atoms with Gasteiger partial charge in [-0.1, -0.05) is 36.8 Å². The van der Waals surface area contributed by atoms with E-state index in [9.17, 15) is 9.59 Å². The molecule has 0 N–H and O–H groups in total. The number of nitrogens with zero attached hydrogens (tertiary/aromatic N) is 1. The second-order valence-corrected chi connectivity index (χ2v) is 5.92. The van der Waals surface area contributed by atoms with Crippen molar-refractivity contribution in [1.29, 1.82) is 0 Å². The van der Waals surface area contributed by atoms with Crippen LogP contribution >= 0.6 is 0 Å². The molecule has 1 saturated heterocycles. The third kappa shape index (κ3) is 1.82. The zero-order chi connectivity index (χ0) is 14.2. The molecule has 2 fully saturated rings. The average Bonchev–Trinajstić information content (AvgIpc) is 2.75. The lowest BCUT2D eigenvalue weighted by Gasteiger charge is -2.38. The molecule has 3 aliphatic rings. The molecule has 0 aromatic carbocycles. The molecule has 0 bridgehead atoms. The van der Waals surface area contributed by atoms with Crippen LogP contribution in [0, 0.1) is 11.8 Å². The minimum atomic E-state index is -0.480. The molecule has 3 nitrogen and oxygen atoms in total. The Labute approximate surface area is 119 Å². The predicted molar refractivity (Wildman–Crippen MR) is 77.6 cm³/mol. The molecule has 3 heteroatoms. The third-order valence-electron chi connectivity index (χ3n) is 4.99. The summed E-state index contributed by atoms with van der Waals surface area (Å²) < 4.78 is 0. The summed E-state index contributed by atoms with van der Waals surface area (Å²) in [6.45, 7) is 4.53. The van der Waals surface area contributed by atoms with Gasteiger partial charge in [0.15, 0.2) is 0 Å². The van der Waals surface area contributed by atoms with Gasteiger partial charge in [0.25, 0.3) is 5.91 Å². The first-order chi connectivity index (χ1) is 9.72. The molecule has 1 heterocycles. The second-order valence-electron chi connectivity index (χ2n) is 5.92. The van der Waals surface area contributed by atoms with Gasteiger partial charge in [0, 0.05) is 12.5 Å². The number of hydrogen-bond donors (Lipinski definition) is 0. The van der Waals surface area contributed by atoms with E-state index in [1.165, 1.54) is 6.42 Å². The first kappa shape index (κ1) is 13.1. The molecule has 104 valence electrons. The zero-order valence-corrected chi connectivity index (χ0v) is 11.5. The maximum atomic E-state index is 12.6. The molecule has 1 aliphatic heterocycles. The first-order valence-electron chi connectivity index (χ1n) is 7.27. The molecule has 2 atom stereocenters. The van der Waals surface area contributed by atoms with E-state index >= 15 is 0 Å². The number of carbonyl (C=O) groups is 1. The van der Waals surface area contributed by atoms with Gasteiger partial charge in [-0.2, -0.15) is 0 Å². The Hall–Kier alpha value is -1.86. The Morgan fingerprint density at radius 2 is 2.20 bits per heavy atom. The van der Waals surface area contributed by atoms with Crippen LogP contribution in [0.25, 0.3) is 0 Å². The highest BCUT2D eigenvalue weighted by molar-refractivity contribution is 6.04. The third-order valence-corrected chi connectivity index (χ3v) is 4.99. The molecular weight excluding hydrogens is 250 g/mol. The lowest BCUT2D eigenvalue weighted by molar-refractivity contribution is -0.127. The monoisotopic (exact) mass is 269 g/mol. The van der Waals surface area contributed by atoms with E-state index in [4.69, 9.17) is 0 Å². The van der Waals surface area contributed by atoms with Crippen LogP contribution in [0.3, 0.4) is 0 Å². The number of carbonyl (C=O) groups excluding carboxylic acids is 2. The Balaban J connectivity index is 1.92. The van der Waals surface area contributed by atoms with Gasteiger partial charge in [-0.3, -0.25) is 4.79 Å². The molecule has 1 amide bonds. The summed E-state index contributed by atoms with van der Waals surface area (Å²) in [5.74, 6) is 2.30. The summed E-state index contributed by atoms with van der Waals surface area (Å²) >= 11 is 0. The van der Waals surface area contributed by atoms with Gasteiger partial charge < -0.3 is 4.90 Å². The van der Waals surface area contributed by atoms with E-state index in [1.807, 2.05) is 41.2 Å². The van der Waals surface area contributed by atoms with Crippen LogP contribution < -0.4 is 0 Å². The standard InChI is InChI=1S/C17H19NO2/c1-2-17(9-4-3-5-10-17)18-11-14(13-7-6-8-13)15(12-19)16(18)20/h2-5,9,13-14H,1,6-8,10-11H2/t14-,17-/m1/s1. The molecule has 2 aliphatic carbocycles. The van der Waals surface area contributed by atoms with Crippen molar-refractivity contribution in [3.8, 4) is 0 Å². The number of rotatable bonds is 3. The van der Waals surface area contributed by atoms with Crippen LogP contribution in [0.4, 0.5) is 0 Å². The molecular formula is C17H19NO2. The molecule has 0 aromatic rings. The maximum absolute atomic E-state index is 12.6. The zero-order valence-electron chi connectivity index (χ0n) is 11.5. The molecule has 0 aromatic heterocycles. The highest BCUT2D eigenvalue weighted by Gasteiger charge is 2.48. The normalized spacial score (nSPS) is 33.2. The molecule has 0 radical (unpaired) electrons. The van der Waals surface area contributed by atoms with Gasteiger partial charge in [0.1, 0.15) is 11.5 Å². The molecule has 0 spiro atoms. The summed E-state index contributed by atoms with van der Waals surface area (Å²) in [6, 6.07) is 0. The molecule has 20 heavy (non-hydrogen) atoms. The Bertz CT molecular complexity index is 549. The highest BCUT2D eigenvalue weighted by Crippen LogP contribution is 2.43. The largest absolute Gasteiger partial charge is 0.325 e. The number of likely N-dealkylation sites (tertiary alicyclic amines) is 1. The summed E-state index contributed by atoms with van der Waals surface area (Å²) in [5, 5.41) is 0. The van der Waals surface area contributed by atoms with Gasteiger partial charge in [-0.25, -0.2) is 4.79 Å². The van der Waals surface area contributed by atoms with E-state index in [2.05, 4.69) is 6.58 Å². The van der Waals surface area contributed by atoms with Crippen molar-refractivity contribution in [2.45, 2.75) is 31.2 Å². The van der Waals surface area contributed by atoms with E-state index in [0.717, 1.165) is 19.3 Å². The van der Waals surface area contributed by atoms with Crippen LogP contribution in [0.5, 0.6) is 0 Å². The van der Waals surface area contributed by atoms with Gasteiger partial charge in [0.05, 0.1) is 5.54 Å². The van der Waals surface area contributed by atoms with Crippen molar-refractivity contribution in [2.75, 3.05) is 6.54 Å². The van der Waals surface area contributed by atoms with Crippen molar-refractivity contribution in [3.05, 3.63) is 42.5 Å². The van der Waals surface area contributed by atoms with Crippen LogP contribution in [0.15, 0.2) is 42.5 Å². The fourth-order valence-corrected chi connectivity index (χ4v) is 3.47.